The van der Waals surface area contributed by atoms with Gasteiger partial charge in [0.15, 0.2) is 0 Å². The number of hydrogen-bond donors (Lipinski definition) is 4. The van der Waals surface area contributed by atoms with Gasteiger partial charge in [-0.25, -0.2) is 24.4 Å². The van der Waals surface area contributed by atoms with E-state index in [2.05, 4.69) is 60.1 Å². The molecule has 1 aliphatic heterocycles. The Morgan fingerprint density at radius 3 is 2.21 bits per heavy atom. The number of halogens is 1. The molecule has 4 amide bonds. The van der Waals surface area contributed by atoms with Crippen LogP contribution in [0.2, 0.25) is 5.02 Å². The summed E-state index contributed by atoms with van der Waals surface area (Å²) in [6.07, 6.45) is 2.21. The molecule has 2 aliphatic rings. The zero-order valence-corrected chi connectivity index (χ0v) is 40.4. The van der Waals surface area contributed by atoms with E-state index in [1.807, 2.05) is 72.8 Å². The van der Waals surface area contributed by atoms with Gasteiger partial charge in [-0.2, -0.15) is 0 Å². The zero-order chi connectivity index (χ0) is 49.1. The lowest BCUT2D eigenvalue weighted by molar-refractivity contribution is -0.129. The number of ether oxygens (including phenoxy) is 4. The molecule has 8 rings (SSSR count). The summed E-state index contributed by atoms with van der Waals surface area (Å²) in [5, 5.41) is 10.3. The van der Waals surface area contributed by atoms with E-state index in [9.17, 15) is 19.2 Å². The van der Waals surface area contributed by atoms with Crippen LogP contribution in [0.1, 0.15) is 74.2 Å². The van der Waals surface area contributed by atoms with Crippen LogP contribution >= 0.6 is 11.6 Å². The number of fused-ring (bicyclic) bond motifs is 4. The number of H-pyrrole nitrogens is 1. The number of anilines is 1. The summed E-state index contributed by atoms with van der Waals surface area (Å²) in [5.41, 5.74) is 4.53. The summed E-state index contributed by atoms with van der Waals surface area (Å²) in [6, 6.07) is 34.1. The number of alkyl carbamates (subject to hydrolysis) is 2. The van der Waals surface area contributed by atoms with Gasteiger partial charge >= 0.3 is 18.3 Å². The molecule has 1 aliphatic carbocycles. The molecule has 6 aromatic rings. The molecule has 0 radical (unpaired) electrons. The number of aromatic amines is 1. The molecule has 0 unspecified atom stereocenters. The largest absolute Gasteiger partial charge is 0.448 e. The first-order valence-electron chi connectivity index (χ1n) is 23.6. The summed E-state index contributed by atoms with van der Waals surface area (Å²) >= 11 is 6.36. The standard InChI is InChI=1S/C53H59ClN8O8/c1-52(2,3)70-50(65)60-53(23-28-61(29-24-53)47-43-21-25-55-46(43)57-35-58-47)48(63)59-45(37-17-19-38(54)20-18-37)22-27-62(30-32-67-31-26-56-49(64)68-33-36-11-5-4-6-12-36)51(66)69-34-44-41-15-9-7-13-39(41)40-14-8-10-16-42(40)44/h4-21,25,35,44-45H,22-24,26-34H2,1-3H3,(H,56,64)(H,59,63)(H,60,65)(H,55,57,58)/t45-/m0/s1. The molecule has 366 valence electrons. The average molecular weight is 972 g/mol. The molecule has 2 aromatic heterocycles. The van der Waals surface area contributed by atoms with Gasteiger partial charge in [-0.3, -0.25) is 4.79 Å². The smallest absolute Gasteiger partial charge is 0.409 e. The molecule has 3 heterocycles. The second kappa shape index (κ2) is 22.5. The molecule has 0 spiro atoms. The maximum Gasteiger partial charge on any atom is 0.409 e. The van der Waals surface area contributed by atoms with Crippen molar-refractivity contribution in [2.75, 3.05) is 57.4 Å². The van der Waals surface area contributed by atoms with Crippen LogP contribution in [0.3, 0.4) is 0 Å². The Labute approximate surface area is 412 Å². The van der Waals surface area contributed by atoms with E-state index >= 15 is 0 Å². The molecule has 17 heteroatoms. The third-order valence-electron chi connectivity index (χ3n) is 12.5. The Bertz CT molecular complexity index is 2690. The van der Waals surface area contributed by atoms with Crippen molar-refractivity contribution in [1.82, 2.24) is 35.8 Å². The molecule has 4 aromatic carbocycles. The van der Waals surface area contributed by atoms with Gasteiger partial charge in [-0.05, 0) is 91.6 Å². The quantitative estimate of drug-likeness (QED) is 0.0476. The number of nitrogens with zero attached hydrogens (tertiary/aromatic N) is 4. The van der Waals surface area contributed by atoms with Crippen LogP contribution < -0.4 is 20.9 Å². The Morgan fingerprint density at radius 2 is 1.51 bits per heavy atom. The number of hydrogen-bond acceptors (Lipinski definition) is 11. The van der Waals surface area contributed by atoms with E-state index in [0.29, 0.717) is 23.8 Å². The normalized spacial score (nSPS) is 14.5. The van der Waals surface area contributed by atoms with Crippen LogP contribution in [0, 0.1) is 0 Å². The lowest BCUT2D eigenvalue weighted by Gasteiger charge is -2.42. The highest BCUT2D eigenvalue weighted by Crippen LogP contribution is 2.44. The maximum atomic E-state index is 14.9. The number of amides is 4. The van der Waals surface area contributed by atoms with Gasteiger partial charge in [0.2, 0.25) is 5.91 Å². The van der Waals surface area contributed by atoms with Gasteiger partial charge in [0.05, 0.1) is 24.6 Å². The van der Waals surface area contributed by atoms with E-state index in [-0.39, 0.29) is 71.2 Å². The second-order valence-corrected chi connectivity index (χ2v) is 18.8. The minimum absolute atomic E-state index is 0.108. The molecule has 4 N–H and O–H groups in total. The zero-order valence-electron chi connectivity index (χ0n) is 39.6. The van der Waals surface area contributed by atoms with E-state index in [1.165, 1.54) is 6.33 Å². The molecule has 1 atom stereocenters. The number of carbonyl (C=O) groups is 4. The molecule has 1 fully saturated rings. The van der Waals surface area contributed by atoms with Crippen molar-refractivity contribution >= 4 is 52.6 Å². The molecule has 16 nitrogen and oxygen atoms in total. The van der Waals surface area contributed by atoms with Gasteiger partial charge in [-0.15, -0.1) is 0 Å². The third-order valence-corrected chi connectivity index (χ3v) is 12.8. The van der Waals surface area contributed by atoms with Gasteiger partial charge in [0.25, 0.3) is 0 Å². The number of aromatic nitrogens is 3. The van der Waals surface area contributed by atoms with Crippen molar-refractivity contribution in [1.29, 1.82) is 0 Å². The lowest BCUT2D eigenvalue weighted by atomic mass is 9.85. The van der Waals surface area contributed by atoms with Crippen LogP contribution in [-0.4, -0.2) is 108 Å². The third kappa shape index (κ3) is 12.3. The SMILES string of the molecule is CC(C)(C)OC(=O)NC1(C(=O)N[C@@H](CCN(CCOCCNC(=O)OCc2ccccc2)C(=O)OCC2c3ccccc3-c3ccccc32)c2ccc(Cl)cc2)CCN(c2ncnc3[nH]ccc23)CC1. The fourth-order valence-corrected chi connectivity index (χ4v) is 9.10. The summed E-state index contributed by atoms with van der Waals surface area (Å²) < 4.78 is 23.1. The summed E-state index contributed by atoms with van der Waals surface area (Å²) in [7, 11) is 0. The van der Waals surface area contributed by atoms with Crippen LogP contribution in [-0.2, 0) is 30.3 Å². The maximum absolute atomic E-state index is 14.9. The predicted molar refractivity (Wildman–Crippen MR) is 266 cm³/mol. The first kappa shape index (κ1) is 49.3. The average Bonchev–Trinajstić information content (AvgIpc) is 3.97. The van der Waals surface area contributed by atoms with Crippen molar-refractivity contribution in [2.45, 2.75) is 69.7 Å². The summed E-state index contributed by atoms with van der Waals surface area (Å²) in [4.78, 5) is 70.8. The Balaban J connectivity index is 0.973. The fourth-order valence-electron chi connectivity index (χ4n) is 8.97. The molecule has 0 saturated carbocycles. The monoisotopic (exact) mass is 970 g/mol. The molecular weight excluding hydrogens is 912 g/mol. The van der Waals surface area contributed by atoms with E-state index in [1.54, 1.807) is 44.0 Å². The topological polar surface area (TPSA) is 189 Å². The highest BCUT2D eigenvalue weighted by atomic mass is 35.5. The number of piperidine rings is 1. The van der Waals surface area contributed by atoms with E-state index in [0.717, 1.165) is 44.6 Å². The van der Waals surface area contributed by atoms with Crippen LogP contribution in [0.5, 0.6) is 0 Å². The van der Waals surface area contributed by atoms with Crippen LogP contribution in [0.15, 0.2) is 122 Å². The number of nitrogens with one attached hydrogen (secondary N) is 4. The van der Waals surface area contributed by atoms with Crippen molar-refractivity contribution in [3.05, 3.63) is 149 Å². The van der Waals surface area contributed by atoms with Crippen molar-refractivity contribution in [3.8, 4) is 11.1 Å². The summed E-state index contributed by atoms with van der Waals surface area (Å²) in [6.45, 7) is 7.13. The van der Waals surface area contributed by atoms with Crippen molar-refractivity contribution in [3.63, 3.8) is 0 Å². The first-order valence-corrected chi connectivity index (χ1v) is 24.0. The van der Waals surface area contributed by atoms with Crippen LogP contribution in [0.25, 0.3) is 22.2 Å². The minimum atomic E-state index is -1.36. The Kier molecular flexibility index (Phi) is 15.8. The predicted octanol–water partition coefficient (Wildman–Crippen LogP) is 8.92. The molecular formula is C53H59ClN8O8. The summed E-state index contributed by atoms with van der Waals surface area (Å²) in [5.74, 6) is 0.163. The van der Waals surface area contributed by atoms with Gasteiger partial charge in [-0.1, -0.05) is 103 Å². The number of benzene rings is 4. The number of carbonyl (C=O) groups excluding carboxylic acids is 4. The van der Waals surface area contributed by atoms with Gasteiger partial charge < -0.3 is 49.7 Å². The first-order chi connectivity index (χ1) is 33.9. The Morgan fingerprint density at radius 1 is 0.829 bits per heavy atom. The number of rotatable bonds is 18. The highest BCUT2D eigenvalue weighted by molar-refractivity contribution is 6.30. The fraction of sp³-hybridized carbons (Fsp3) is 0.358. The van der Waals surface area contributed by atoms with Gasteiger partial charge in [0.1, 0.15) is 42.1 Å². The molecule has 1 saturated heterocycles. The highest BCUT2D eigenvalue weighted by Gasteiger charge is 2.45. The van der Waals surface area contributed by atoms with Crippen molar-refractivity contribution < 1.29 is 38.1 Å². The lowest BCUT2D eigenvalue weighted by Crippen LogP contribution is -2.64. The van der Waals surface area contributed by atoms with Crippen LogP contribution in [0.4, 0.5) is 20.2 Å². The van der Waals surface area contributed by atoms with E-state index in [4.69, 9.17) is 30.5 Å². The van der Waals surface area contributed by atoms with Crippen molar-refractivity contribution in [2.24, 2.45) is 0 Å². The second-order valence-electron chi connectivity index (χ2n) is 18.4. The minimum Gasteiger partial charge on any atom is -0.448 e. The van der Waals surface area contributed by atoms with Gasteiger partial charge in [0, 0.05) is 49.9 Å². The Hall–Kier alpha value is -7.17. The molecule has 70 heavy (non-hydrogen) atoms. The molecule has 0 bridgehead atoms. The van der Waals surface area contributed by atoms with E-state index < -0.39 is 41.4 Å².